The minimum Gasteiger partial charge on any atom is -0.480 e. The third-order valence-corrected chi connectivity index (χ3v) is 4.36. The molecule has 0 unspecified atom stereocenters. The number of aryl methyl sites for hydroxylation is 1. The van der Waals surface area contributed by atoms with E-state index in [0.717, 1.165) is 16.5 Å². The van der Waals surface area contributed by atoms with Crippen LogP contribution in [0.2, 0.25) is 0 Å². The number of carboxylic acid groups (broad SMARTS) is 1. The van der Waals surface area contributed by atoms with Crippen LogP contribution in [0.15, 0.2) is 23.8 Å². The van der Waals surface area contributed by atoms with Gasteiger partial charge in [0.25, 0.3) is 5.91 Å². The summed E-state index contributed by atoms with van der Waals surface area (Å²) in [6, 6.07) is 1.81. The monoisotopic (exact) mass is 360 g/mol. The van der Waals surface area contributed by atoms with Crippen molar-refractivity contribution in [2.24, 2.45) is 0 Å². The molecule has 0 aliphatic carbocycles. The van der Waals surface area contributed by atoms with Gasteiger partial charge in [0.2, 0.25) is 0 Å². The fourth-order valence-electron chi connectivity index (χ4n) is 2.51. The van der Waals surface area contributed by atoms with Crippen LogP contribution in [-0.4, -0.2) is 41.5 Å². The molecule has 0 aliphatic rings. The lowest BCUT2D eigenvalue weighted by molar-refractivity contribution is -0.137. The Labute approximate surface area is 146 Å². The van der Waals surface area contributed by atoms with E-state index in [4.69, 9.17) is 5.11 Å². The molecule has 2 N–H and O–H groups in total. The molecule has 0 saturated carbocycles. The van der Waals surface area contributed by atoms with Gasteiger partial charge in [-0.2, -0.15) is 0 Å². The van der Waals surface area contributed by atoms with E-state index in [0.29, 0.717) is 11.3 Å². The number of nitrogens with one attached hydrogen (secondary N) is 1. The third-order valence-electron chi connectivity index (χ3n) is 3.60. The number of nitrogens with zero attached hydrogens (tertiary/aromatic N) is 5. The van der Waals surface area contributed by atoms with Gasteiger partial charge >= 0.3 is 5.97 Å². The van der Waals surface area contributed by atoms with E-state index < -0.39 is 5.97 Å². The van der Waals surface area contributed by atoms with Crippen LogP contribution in [0.4, 0.5) is 0 Å². The van der Waals surface area contributed by atoms with E-state index >= 15 is 0 Å². The average Bonchev–Trinajstić information content (AvgIpc) is 3.26. The maximum atomic E-state index is 12.5. The molecule has 9 nitrogen and oxygen atoms in total. The molecule has 3 rings (SSSR count). The van der Waals surface area contributed by atoms with Gasteiger partial charge in [-0.05, 0) is 19.9 Å². The van der Waals surface area contributed by atoms with Gasteiger partial charge in [0.1, 0.15) is 12.2 Å². The van der Waals surface area contributed by atoms with Gasteiger partial charge in [0.05, 0.1) is 18.3 Å². The van der Waals surface area contributed by atoms with Gasteiger partial charge in [0, 0.05) is 23.0 Å². The van der Waals surface area contributed by atoms with Crippen LogP contribution in [0, 0.1) is 13.8 Å². The summed E-state index contributed by atoms with van der Waals surface area (Å²) in [6.45, 7) is 3.68. The number of aliphatic carboxylic acids is 1. The van der Waals surface area contributed by atoms with Gasteiger partial charge in [-0.25, -0.2) is 9.67 Å². The van der Waals surface area contributed by atoms with E-state index in [1.54, 1.807) is 6.20 Å². The predicted molar refractivity (Wildman–Crippen MR) is 89.7 cm³/mol. The predicted octanol–water partition coefficient (Wildman–Crippen LogP) is 1.16. The Morgan fingerprint density at radius 1 is 1.36 bits per heavy atom. The fourth-order valence-corrected chi connectivity index (χ4v) is 3.27. The van der Waals surface area contributed by atoms with E-state index in [2.05, 4.69) is 20.6 Å². The van der Waals surface area contributed by atoms with Gasteiger partial charge in [-0.15, -0.1) is 16.4 Å². The summed E-state index contributed by atoms with van der Waals surface area (Å²) >= 11 is 1.50. The summed E-state index contributed by atoms with van der Waals surface area (Å²) in [5.41, 5.74) is 2.78. The summed E-state index contributed by atoms with van der Waals surface area (Å²) < 4.78 is 3.14. The van der Waals surface area contributed by atoms with Gasteiger partial charge < -0.3 is 10.4 Å². The van der Waals surface area contributed by atoms with Crippen molar-refractivity contribution >= 4 is 23.2 Å². The Balaban J connectivity index is 1.71. The molecule has 0 aromatic carbocycles. The van der Waals surface area contributed by atoms with Gasteiger partial charge in [-0.1, -0.05) is 5.21 Å². The number of hydrogen-bond donors (Lipinski definition) is 2. The molecular weight excluding hydrogens is 344 g/mol. The number of carbonyl (C=O) groups is 2. The van der Waals surface area contributed by atoms with E-state index in [1.165, 1.54) is 22.2 Å². The molecule has 25 heavy (non-hydrogen) atoms. The Kier molecular flexibility index (Phi) is 4.61. The number of aromatic nitrogens is 5. The maximum absolute atomic E-state index is 12.5. The smallest absolute Gasteiger partial charge is 0.325 e. The van der Waals surface area contributed by atoms with Crippen molar-refractivity contribution in [1.29, 1.82) is 0 Å². The summed E-state index contributed by atoms with van der Waals surface area (Å²) in [7, 11) is 0. The van der Waals surface area contributed by atoms with E-state index in [9.17, 15) is 9.59 Å². The molecule has 0 aliphatic heterocycles. The fraction of sp³-hybridized carbons (Fsp3) is 0.267. The number of hydrogen-bond acceptors (Lipinski definition) is 6. The normalized spacial score (nSPS) is 10.8. The van der Waals surface area contributed by atoms with Crippen LogP contribution >= 0.6 is 11.3 Å². The molecular formula is C15H16N6O3S. The second-order valence-corrected chi connectivity index (χ2v) is 6.29. The van der Waals surface area contributed by atoms with Crippen molar-refractivity contribution in [2.45, 2.75) is 26.9 Å². The van der Waals surface area contributed by atoms with Crippen LogP contribution < -0.4 is 5.32 Å². The first-order valence-electron chi connectivity index (χ1n) is 7.43. The Morgan fingerprint density at radius 3 is 2.84 bits per heavy atom. The zero-order valence-electron chi connectivity index (χ0n) is 13.6. The summed E-state index contributed by atoms with van der Waals surface area (Å²) in [6.07, 6.45) is 3.21. The Hall–Kier alpha value is -3.01. The summed E-state index contributed by atoms with van der Waals surface area (Å²) in [5, 5.41) is 21.7. The first-order chi connectivity index (χ1) is 12.0. The lowest BCUT2D eigenvalue weighted by Crippen LogP contribution is -2.23. The van der Waals surface area contributed by atoms with Crippen LogP contribution in [0.3, 0.4) is 0 Å². The van der Waals surface area contributed by atoms with E-state index in [1.807, 2.05) is 29.9 Å². The molecule has 3 aromatic rings. The van der Waals surface area contributed by atoms with Crippen molar-refractivity contribution in [3.63, 3.8) is 0 Å². The highest BCUT2D eigenvalue weighted by Crippen LogP contribution is 2.22. The minimum absolute atomic E-state index is 0.166. The van der Waals surface area contributed by atoms with Gasteiger partial charge in [-0.3, -0.25) is 14.2 Å². The molecule has 0 spiro atoms. The highest BCUT2D eigenvalue weighted by molar-refractivity contribution is 7.12. The second-order valence-electron chi connectivity index (χ2n) is 5.42. The number of rotatable bonds is 6. The van der Waals surface area contributed by atoms with Crippen molar-refractivity contribution in [3.8, 4) is 5.13 Å². The standard InChI is InChI=1S/C15H16N6O3S/c1-9-5-12(10(2)21(9)15-16-3-4-25-15)14(24)17-6-11-7-20(19-18-11)8-13(22)23/h3-5,7H,6,8H2,1-2H3,(H,17,24)(H,22,23). The van der Waals surface area contributed by atoms with Crippen molar-refractivity contribution in [1.82, 2.24) is 29.9 Å². The molecule has 130 valence electrons. The molecule has 10 heteroatoms. The first kappa shape index (κ1) is 16.8. The molecule has 0 fully saturated rings. The van der Waals surface area contributed by atoms with E-state index in [-0.39, 0.29) is 19.0 Å². The zero-order chi connectivity index (χ0) is 18.0. The second kappa shape index (κ2) is 6.85. The topological polar surface area (TPSA) is 115 Å². The Bertz CT molecular complexity index is 912. The average molecular weight is 360 g/mol. The SMILES string of the molecule is Cc1cc(C(=O)NCc2cn(CC(=O)O)nn2)c(C)n1-c1nccs1. The van der Waals surface area contributed by atoms with Crippen LogP contribution in [-0.2, 0) is 17.9 Å². The van der Waals surface area contributed by atoms with Crippen LogP contribution in [0.25, 0.3) is 5.13 Å². The molecule has 0 atom stereocenters. The first-order valence-corrected chi connectivity index (χ1v) is 8.31. The Morgan fingerprint density at radius 2 is 2.16 bits per heavy atom. The lowest BCUT2D eigenvalue weighted by atomic mass is 10.2. The molecule has 3 heterocycles. The van der Waals surface area contributed by atoms with Gasteiger partial charge in [0.15, 0.2) is 5.13 Å². The highest BCUT2D eigenvalue weighted by Gasteiger charge is 2.18. The number of carbonyl (C=O) groups excluding carboxylic acids is 1. The third kappa shape index (κ3) is 3.58. The largest absolute Gasteiger partial charge is 0.480 e. The van der Waals surface area contributed by atoms with Crippen molar-refractivity contribution in [2.75, 3.05) is 0 Å². The summed E-state index contributed by atoms with van der Waals surface area (Å²) in [5.74, 6) is -1.24. The molecule has 0 radical (unpaired) electrons. The lowest BCUT2D eigenvalue weighted by Gasteiger charge is -2.06. The van der Waals surface area contributed by atoms with Crippen molar-refractivity contribution < 1.29 is 14.7 Å². The van der Waals surface area contributed by atoms with Crippen molar-refractivity contribution in [3.05, 3.63) is 46.5 Å². The highest BCUT2D eigenvalue weighted by atomic mass is 32.1. The van der Waals surface area contributed by atoms with Crippen LogP contribution in [0.5, 0.6) is 0 Å². The number of thiazole rings is 1. The molecule has 1 amide bonds. The zero-order valence-corrected chi connectivity index (χ0v) is 14.4. The molecule has 3 aromatic heterocycles. The molecule has 0 saturated heterocycles. The maximum Gasteiger partial charge on any atom is 0.325 e. The number of carboxylic acids is 1. The molecule has 0 bridgehead atoms. The number of amides is 1. The van der Waals surface area contributed by atoms with Crippen LogP contribution in [0.1, 0.15) is 27.4 Å². The quantitative estimate of drug-likeness (QED) is 0.681. The summed E-state index contributed by atoms with van der Waals surface area (Å²) in [4.78, 5) is 27.4. The minimum atomic E-state index is -1.00.